The van der Waals surface area contributed by atoms with E-state index in [9.17, 15) is 9.65 Å². The summed E-state index contributed by atoms with van der Waals surface area (Å²) in [5.41, 5.74) is 2.58. The van der Waals surface area contributed by atoms with Crippen LogP contribution in [-0.4, -0.2) is 28.3 Å². The van der Waals surface area contributed by atoms with Crippen LogP contribution in [0.15, 0.2) is 54.7 Å². The third-order valence-corrected chi connectivity index (χ3v) is 3.51. The van der Waals surface area contributed by atoms with Gasteiger partial charge in [-0.25, -0.2) is 9.37 Å². The molecule has 1 aromatic carbocycles. The first kappa shape index (κ1) is 16.6. The van der Waals surface area contributed by atoms with Crippen molar-refractivity contribution in [3.8, 4) is 34.5 Å². The molecule has 1 N–H and O–H groups in total. The SMILES string of the molecule is N#Cc1c(-c2ccc(F)cc2)cc(-c2ccccn2)nc1OCCO. The van der Waals surface area contributed by atoms with E-state index in [4.69, 9.17) is 9.84 Å². The maximum absolute atomic E-state index is 13.2. The van der Waals surface area contributed by atoms with E-state index in [0.29, 0.717) is 22.5 Å². The van der Waals surface area contributed by atoms with Crippen molar-refractivity contribution in [1.29, 1.82) is 5.26 Å². The molecule has 0 aliphatic heterocycles. The molecule has 25 heavy (non-hydrogen) atoms. The van der Waals surface area contributed by atoms with Crippen LogP contribution < -0.4 is 4.74 Å². The first-order chi connectivity index (χ1) is 12.2. The topological polar surface area (TPSA) is 79.0 Å². The van der Waals surface area contributed by atoms with E-state index in [1.54, 1.807) is 36.5 Å². The molecule has 5 nitrogen and oxygen atoms in total. The molecule has 2 aromatic heterocycles. The molecule has 0 aliphatic carbocycles. The predicted molar refractivity (Wildman–Crippen MR) is 90.2 cm³/mol. The second kappa shape index (κ2) is 7.51. The minimum atomic E-state index is -0.363. The van der Waals surface area contributed by atoms with Gasteiger partial charge in [-0.15, -0.1) is 0 Å². The van der Waals surface area contributed by atoms with Crippen molar-refractivity contribution in [2.75, 3.05) is 13.2 Å². The normalized spacial score (nSPS) is 10.3. The number of aliphatic hydroxyl groups excluding tert-OH is 1. The highest BCUT2D eigenvalue weighted by Gasteiger charge is 2.17. The Balaban J connectivity index is 2.20. The van der Waals surface area contributed by atoms with Crippen molar-refractivity contribution in [2.24, 2.45) is 0 Å². The summed E-state index contributed by atoms with van der Waals surface area (Å²) in [4.78, 5) is 8.63. The Morgan fingerprint density at radius 1 is 1.12 bits per heavy atom. The summed E-state index contributed by atoms with van der Waals surface area (Å²) in [5.74, 6) is -0.253. The molecule has 0 unspecified atom stereocenters. The number of ether oxygens (including phenoxy) is 1. The first-order valence-corrected chi connectivity index (χ1v) is 7.59. The molecular weight excluding hydrogens is 321 g/mol. The van der Waals surface area contributed by atoms with Crippen LogP contribution in [0.4, 0.5) is 4.39 Å². The van der Waals surface area contributed by atoms with Gasteiger partial charge in [-0.05, 0) is 35.9 Å². The lowest BCUT2D eigenvalue weighted by atomic mass is 10.00. The molecule has 6 heteroatoms. The average molecular weight is 335 g/mol. The van der Waals surface area contributed by atoms with Crippen molar-refractivity contribution in [1.82, 2.24) is 9.97 Å². The Morgan fingerprint density at radius 3 is 2.56 bits per heavy atom. The number of aliphatic hydroxyl groups is 1. The van der Waals surface area contributed by atoms with E-state index < -0.39 is 0 Å². The minimum absolute atomic E-state index is 0.0101. The van der Waals surface area contributed by atoms with Crippen LogP contribution in [-0.2, 0) is 0 Å². The van der Waals surface area contributed by atoms with Gasteiger partial charge in [0.15, 0.2) is 0 Å². The Bertz CT molecular complexity index is 906. The summed E-state index contributed by atoms with van der Waals surface area (Å²) in [6, 6.07) is 15.0. The van der Waals surface area contributed by atoms with Crippen molar-refractivity contribution in [3.63, 3.8) is 0 Å². The number of nitriles is 1. The maximum atomic E-state index is 13.2. The molecule has 0 fully saturated rings. The third kappa shape index (κ3) is 3.62. The Morgan fingerprint density at radius 2 is 1.92 bits per heavy atom. The first-order valence-electron chi connectivity index (χ1n) is 7.59. The van der Waals surface area contributed by atoms with E-state index in [1.165, 1.54) is 12.1 Å². The number of aromatic nitrogens is 2. The summed E-state index contributed by atoms with van der Waals surface area (Å²) in [7, 11) is 0. The minimum Gasteiger partial charge on any atom is -0.474 e. The van der Waals surface area contributed by atoms with E-state index >= 15 is 0 Å². The second-order valence-corrected chi connectivity index (χ2v) is 5.14. The van der Waals surface area contributed by atoms with Gasteiger partial charge in [0.25, 0.3) is 0 Å². The summed E-state index contributed by atoms with van der Waals surface area (Å²) in [6.07, 6.45) is 1.64. The molecule has 3 rings (SSSR count). The van der Waals surface area contributed by atoms with Gasteiger partial charge in [-0.1, -0.05) is 18.2 Å². The molecule has 0 saturated heterocycles. The summed E-state index contributed by atoms with van der Waals surface area (Å²) < 4.78 is 18.7. The molecule has 0 atom stereocenters. The van der Waals surface area contributed by atoms with E-state index in [0.717, 1.165) is 0 Å². The van der Waals surface area contributed by atoms with Crippen LogP contribution in [0.5, 0.6) is 5.88 Å². The highest BCUT2D eigenvalue weighted by molar-refractivity contribution is 5.77. The van der Waals surface area contributed by atoms with E-state index in [-0.39, 0.29) is 30.5 Å². The van der Waals surface area contributed by atoms with Crippen LogP contribution in [0.2, 0.25) is 0 Å². The summed E-state index contributed by atoms with van der Waals surface area (Å²) in [6.45, 7) is -0.192. The fourth-order valence-corrected chi connectivity index (χ4v) is 2.38. The number of pyridine rings is 2. The molecule has 0 saturated carbocycles. The Hall–Kier alpha value is -3.30. The standard InChI is InChI=1S/C19H14FN3O2/c20-14-6-4-13(5-7-14)15-11-18(17-3-1-2-8-22-17)23-19(16(15)12-21)25-10-9-24/h1-8,11,24H,9-10H2. The third-order valence-electron chi connectivity index (χ3n) is 3.51. The number of nitrogens with zero attached hydrogens (tertiary/aromatic N) is 3. The molecule has 0 amide bonds. The maximum Gasteiger partial charge on any atom is 0.233 e. The number of benzene rings is 1. The number of hydrogen-bond acceptors (Lipinski definition) is 5. The largest absolute Gasteiger partial charge is 0.474 e. The van der Waals surface area contributed by atoms with Gasteiger partial charge in [0.1, 0.15) is 24.1 Å². The van der Waals surface area contributed by atoms with Crippen molar-refractivity contribution in [2.45, 2.75) is 0 Å². The Kier molecular flexibility index (Phi) is 4.97. The lowest BCUT2D eigenvalue weighted by Gasteiger charge is -2.12. The predicted octanol–water partition coefficient (Wildman–Crippen LogP) is 3.19. The molecule has 3 aromatic rings. The zero-order chi connectivity index (χ0) is 17.6. The second-order valence-electron chi connectivity index (χ2n) is 5.14. The van der Waals surface area contributed by atoms with Gasteiger partial charge in [-0.3, -0.25) is 4.98 Å². The van der Waals surface area contributed by atoms with Crippen molar-refractivity contribution >= 4 is 0 Å². The number of halogens is 1. The van der Waals surface area contributed by atoms with Crippen LogP contribution in [0, 0.1) is 17.1 Å². The van der Waals surface area contributed by atoms with Crippen molar-refractivity contribution < 1.29 is 14.2 Å². The number of rotatable bonds is 5. The van der Waals surface area contributed by atoms with Gasteiger partial charge < -0.3 is 9.84 Å². The van der Waals surface area contributed by atoms with E-state index in [2.05, 4.69) is 16.0 Å². The molecule has 0 aliphatic rings. The summed E-state index contributed by atoms with van der Waals surface area (Å²) >= 11 is 0. The molecule has 124 valence electrons. The quantitative estimate of drug-likeness (QED) is 0.774. The molecule has 2 heterocycles. The summed E-state index contributed by atoms with van der Waals surface area (Å²) in [5, 5.41) is 18.6. The molecule has 0 spiro atoms. The van der Waals surface area contributed by atoms with Gasteiger partial charge in [0.05, 0.1) is 18.0 Å². The lowest BCUT2D eigenvalue weighted by Crippen LogP contribution is -2.06. The van der Waals surface area contributed by atoms with Gasteiger partial charge in [0.2, 0.25) is 5.88 Å². The lowest BCUT2D eigenvalue weighted by molar-refractivity contribution is 0.196. The van der Waals surface area contributed by atoms with Crippen molar-refractivity contribution in [3.05, 3.63) is 66.1 Å². The van der Waals surface area contributed by atoms with Gasteiger partial charge in [0, 0.05) is 11.8 Å². The van der Waals surface area contributed by atoms with E-state index in [1.807, 2.05) is 6.07 Å². The smallest absolute Gasteiger partial charge is 0.233 e. The molecule has 0 bridgehead atoms. The zero-order valence-electron chi connectivity index (χ0n) is 13.2. The fraction of sp³-hybridized carbons (Fsp3) is 0.105. The highest BCUT2D eigenvalue weighted by Crippen LogP contribution is 2.33. The average Bonchev–Trinajstić information content (AvgIpc) is 2.67. The van der Waals surface area contributed by atoms with Gasteiger partial charge in [-0.2, -0.15) is 5.26 Å². The van der Waals surface area contributed by atoms with Crippen LogP contribution in [0.3, 0.4) is 0 Å². The highest BCUT2D eigenvalue weighted by atomic mass is 19.1. The Labute approximate surface area is 144 Å². The van der Waals surface area contributed by atoms with Crippen LogP contribution >= 0.6 is 0 Å². The van der Waals surface area contributed by atoms with Gasteiger partial charge >= 0.3 is 0 Å². The fourth-order valence-electron chi connectivity index (χ4n) is 2.38. The zero-order valence-corrected chi connectivity index (χ0v) is 13.2. The van der Waals surface area contributed by atoms with Crippen LogP contribution in [0.25, 0.3) is 22.5 Å². The molecule has 0 radical (unpaired) electrons. The monoisotopic (exact) mass is 335 g/mol. The van der Waals surface area contributed by atoms with Crippen LogP contribution in [0.1, 0.15) is 5.56 Å². The molecular formula is C19H14FN3O2. The number of hydrogen-bond donors (Lipinski definition) is 1.